The van der Waals surface area contributed by atoms with Crippen molar-refractivity contribution in [1.29, 1.82) is 0 Å². The van der Waals surface area contributed by atoms with Gasteiger partial charge in [-0.15, -0.1) is 0 Å². The summed E-state index contributed by atoms with van der Waals surface area (Å²) < 4.78 is 46.4. The van der Waals surface area contributed by atoms with Gasteiger partial charge >= 0.3 is 11.9 Å². The van der Waals surface area contributed by atoms with Crippen LogP contribution >= 0.6 is 0 Å². The number of hydrogen-bond donors (Lipinski definition) is 0. The number of fused-ring (bicyclic) bond motifs is 2. The minimum absolute atomic E-state index is 0.0222. The van der Waals surface area contributed by atoms with Crippen molar-refractivity contribution in [2.24, 2.45) is 20.0 Å². The number of aryl methyl sites for hydroxylation is 1. The summed E-state index contributed by atoms with van der Waals surface area (Å²) >= 11 is 0. The molecule has 214 valence electrons. The highest BCUT2D eigenvalue weighted by Crippen LogP contribution is 2.33. The zero-order valence-corrected chi connectivity index (χ0v) is 23.3. The number of rotatable bonds is 7. The van der Waals surface area contributed by atoms with Gasteiger partial charge in [-0.1, -0.05) is 20.8 Å². The Bertz CT molecular complexity index is 1940. The second-order valence-electron chi connectivity index (χ2n) is 10.6. The van der Waals surface area contributed by atoms with Crippen LogP contribution in [0.3, 0.4) is 0 Å². The first-order valence-corrected chi connectivity index (χ1v) is 13.2. The van der Waals surface area contributed by atoms with Crippen LogP contribution in [0.2, 0.25) is 0 Å². The Labute approximate surface area is 232 Å². The third kappa shape index (κ3) is 4.87. The molecule has 12 heteroatoms. The molecule has 4 aromatic heterocycles. The summed E-state index contributed by atoms with van der Waals surface area (Å²) in [6.07, 6.45) is -1.10. The Balaban J connectivity index is 1.84. The van der Waals surface area contributed by atoms with Gasteiger partial charge in [0, 0.05) is 50.4 Å². The number of aromatic nitrogens is 6. The number of carbonyl (C=O) groups excluding carboxylic acids is 1. The third-order valence-electron chi connectivity index (χ3n) is 7.14. The molecule has 0 aliphatic heterocycles. The molecule has 41 heavy (non-hydrogen) atoms. The van der Waals surface area contributed by atoms with Gasteiger partial charge in [-0.3, -0.25) is 28.4 Å². The second kappa shape index (κ2) is 10.2. The van der Waals surface area contributed by atoms with Crippen molar-refractivity contribution in [2.45, 2.75) is 46.5 Å². The number of nitrogens with zero attached hydrogens (tertiary/aromatic N) is 6. The molecule has 0 spiro atoms. The summed E-state index contributed by atoms with van der Waals surface area (Å²) in [5, 5.41) is 5.18. The Morgan fingerprint density at radius 1 is 1.07 bits per heavy atom. The van der Waals surface area contributed by atoms with Crippen LogP contribution in [0.25, 0.3) is 33.3 Å². The first-order chi connectivity index (χ1) is 19.3. The summed E-state index contributed by atoms with van der Waals surface area (Å²) in [5.41, 5.74) is 0.441. The van der Waals surface area contributed by atoms with E-state index in [4.69, 9.17) is 5.10 Å². The van der Waals surface area contributed by atoms with Crippen LogP contribution in [-0.4, -0.2) is 34.2 Å². The van der Waals surface area contributed by atoms with Crippen molar-refractivity contribution in [3.8, 4) is 11.4 Å². The first kappa shape index (κ1) is 28.1. The molecular formula is C29H29F3N6O3. The highest BCUT2D eigenvalue weighted by atomic mass is 19.4. The number of halogens is 3. The van der Waals surface area contributed by atoms with E-state index in [1.807, 2.05) is 13.8 Å². The molecule has 0 unspecified atom stereocenters. The standard InChI is InChI=1S/C29H29F3N6O3/c1-6-23(39)18-11-22(35(4)14-18)25-24-26(37(13-16(2)3)28(41)36(5)27(24)40)34-38(25)15-17-9-10-33-21-8-7-19(12-20(17)21)29(30,31)32/h7-12,14,16H,6,13,15H2,1-5H3. The van der Waals surface area contributed by atoms with Crippen molar-refractivity contribution in [3.05, 3.63) is 80.3 Å². The lowest BCUT2D eigenvalue weighted by molar-refractivity contribution is -0.137. The molecule has 0 aliphatic rings. The highest BCUT2D eigenvalue weighted by Gasteiger charge is 2.31. The number of pyridine rings is 1. The molecule has 0 N–H and O–H groups in total. The lowest BCUT2D eigenvalue weighted by Crippen LogP contribution is -2.38. The van der Waals surface area contributed by atoms with Gasteiger partial charge in [-0.05, 0) is 41.8 Å². The minimum atomic E-state index is -4.54. The van der Waals surface area contributed by atoms with Crippen molar-refractivity contribution in [3.63, 3.8) is 0 Å². The van der Waals surface area contributed by atoms with Crippen LogP contribution in [0, 0.1) is 5.92 Å². The highest BCUT2D eigenvalue weighted by molar-refractivity contribution is 5.98. The van der Waals surface area contributed by atoms with E-state index in [1.54, 1.807) is 36.9 Å². The average molecular weight is 567 g/mol. The number of ketones is 1. The number of hydrogen-bond acceptors (Lipinski definition) is 5. The van der Waals surface area contributed by atoms with E-state index in [1.165, 1.54) is 28.6 Å². The predicted octanol–water partition coefficient (Wildman–Crippen LogP) is 4.77. The lowest BCUT2D eigenvalue weighted by atomic mass is 10.1. The maximum atomic E-state index is 13.6. The van der Waals surface area contributed by atoms with Crippen molar-refractivity contribution >= 4 is 27.7 Å². The molecule has 9 nitrogen and oxygen atoms in total. The predicted molar refractivity (Wildman–Crippen MR) is 149 cm³/mol. The van der Waals surface area contributed by atoms with Crippen LogP contribution < -0.4 is 11.2 Å². The molecular weight excluding hydrogens is 537 g/mol. The third-order valence-corrected chi connectivity index (χ3v) is 7.14. The van der Waals surface area contributed by atoms with Gasteiger partial charge in [0.05, 0.1) is 23.3 Å². The number of Topliss-reactive ketones (excluding diaryl/α,β-unsaturated/α-hetero) is 1. The quantitative estimate of drug-likeness (QED) is 0.265. The van der Waals surface area contributed by atoms with Crippen molar-refractivity contribution in [1.82, 2.24) is 28.5 Å². The van der Waals surface area contributed by atoms with Crippen LogP contribution in [-0.2, 0) is 33.4 Å². The van der Waals surface area contributed by atoms with Crippen LogP contribution in [0.4, 0.5) is 13.2 Å². The summed E-state index contributed by atoms with van der Waals surface area (Å²) in [5.74, 6) is -0.0394. The van der Waals surface area contributed by atoms with Gasteiger partial charge in [-0.2, -0.15) is 18.3 Å². The minimum Gasteiger partial charge on any atom is -0.349 e. The fraction of sp³-hybridized carbons (Fsp3) is 0.345. The van der Waals surface area contributed by atoms with E-state index in [-0.39, 0.29) is 41.1 Å². The van der Waals surface area contributed by atoms with Crippen LogP contribution in [0.5, 0.6) is 0 Å². The van der Waals surface area contributed by atoms with E-state index in [2.05, 4.69) is 4.98 Å². The Hall–Kier alpha value is -4.48. The fourth-order valence-electron chi connectivity index (χ4n) is 5.10. The molecule has 0 saturated heterocycles. The van der Waals surface area contributed by atoms with Gasteiger partial charge in [0.2, 0.25) is 0 Å². The van der Waals surface area contributed by atoms with E-state index in [9.17, 15) is 27.6 Å². The number of benzene rings is 1. The van der Waals surface area contributed by atoms with Gasteiger partial charge in [-0.25, -0.2) is 4.79 Å². The monoisotopic (exact) mass is 566 g/mol. The molecule has 0 bridgehead atoms. The molecule has 0 radical (unpaired) electrons. The van der Waals surface area contributed by atoms with E-state index < -0.39 is 23.0 Å². The SMILES string of the molecule is CCC(=O)c1cc(-c2c3c(=O)n(C)c(=O)n(CC(C)C)c3nn2Cc2ccnc3ccc(C(F)(F)F)cc23)n(C)c1. The average Bonchev–Trinajstić information content (AvgIpc) is 3.48. The molecule has 0 aliphatic carbocycles. The normalized spacial score (nSPS) is 12.2. The lowest BCUT2D eigenvalue weighted by Gasteiger charge is -2.12. The summed E-state index contributed by atoms with van der Waals surface area (Å²) in [6.45, 7) is 5.88. The van der Waals surface area contributed by atoms with Gasteiger partial charge < -0.3 is 4.57 Å². The maximum absolute atomic E-state index is 13.6. The zero-order valence-electron chi connectivity index (χ0n) is 23.3. The summed E-state index contributed by atoms with van der Waals surface area (Å²) in [6, 6.07) is 6.63. The van der Waals surface area contributed by atoms with Gasteiger partial charge in [0.1, 0.15) is 11.1 Å². The van der Waals surface area contributed by atoms with Crippen molar-refractivity contribution < 1.29 is 18.0 Å². The molecule has 5 rings (SSSR count). The van der Waals surface area contributed by atoms with E-state index in [0.717, 1.165) is 16.7 Å². The molecule has 5 aromatic rings. The summed E-state index contributed by atoms with van der Waals surface area (Å²) in [7, 11) is 3.13. The Morgan fingerprint density at radius 3 is 2.46 bits per heavy atom. The topological polar surface area (TPSA) is 96.7 Å². The maximum Gasteiger partial charge on any atom is 0.416 e. The smallest absolute Gasteiger partial charge is 0.349 e. The molecule has 1 aromatic carbocycles. The van der Waals surface area contributed by atoms with E-state index >= 15 is 0 Å². The zero-order chi connectivity index (χ0) is 29.8. The van der Waals surface area contributed by atoms with Crippen LogP contribution in [0.15, 0.2) is 52.3 Å². The molecule has 0 atom stereocenters. The largest absolute Gasteiger partial charge is 0.416 e. The second-order valence-corrected chi connectivity index (χ2v) is 10.6. The fourth-order valence-corrected chi connectivity index (χ4v) is 5.10. The number of alkyl halides is 3. The van der Waals surface area contributed by atoms with E-state index in [0.29, 0.717) is 34.6 Å². The molecule has 0 amide bonds. The molecule has 0 saturated carbocycles. The summed E-state index contributed by atoms with van der Waals surface area (Å²) in [4.78, 5) is 43.5. The first-order valence-electron chi connectivity index (χ1n) is 13.2. The van der Waals surface area contributed by atoms with Crippen LogP contribution in [0.1, 0.15) is 48.7 Å². The Morgan fingerprint density at radius 2 is 1.80 bits per heavy atom. The molecule has 4 heterocycles. The number of carbonyl (C=O) groups is 1. The van der Waals surface area contributed by atoms with Gasteiger partial charge in [0.15, 0.2) is 11.4 Å². The molecule has 0 fully saturated rings. The Kier molecular flexibility index (Phi) is 6.96. The van der Waals surface area contributed by atoms with Crippen molar-refractivity contribution in [2.75, 3.05) is 0 Å². The van der Waals surface area contributed by atoms with Gasteiger partial charge in [0.25, 0.3) is 5.56 Å².